The number of aliphatic hydroxyl groups excluding tert-OH is 1. The number of amides is 2. The van der Waals surface area contributed by atoms with Crippen LogP contribution in [0.3, 0.4) is 0 Å². The number of carbonyl (C=O) groups excluding carboxylic acids is 3. The van der Waals surface area contributed by atoms with Crippen LogP contribution in [0.4, 0.5) is 0 Å². The summed E-state index contributed by atoms with van der Waals surface area (Å²) in [5, 5.41) is 35.0. The number of tetrazole rings is 1. The number of hydrogen-bond acceptors (Lipinski definition) is 8. The summed E-state index contributed by atoms with van der Waals surface area (Å²) in [7, 11) is 0. The van der Waals surface area contributed by atoms with Gasteiger partial charge in [0, 0.05) is 37.4 Å². The highest BCUT2D eigenvalue weighted by Gasteiger charge is 2.40. The second-order valence-electron chi connectivity index (χ2n) is 9.52. The van der Waals surface area contributed by atoms with Crippen molar-refractivity contribution in [3.05, 3.63) is 29.3 Å². The van der Waals surface area contributed by atoms with Gasteiger partial charge in [-0.2, -0.15) is 5.21 Å². The highest BCUT2D eigenvalue weighted by Crippen LogP contribution is 2.39. The molecule has 0 radical (unpaired) electrons. The molecule has 1 saturated carbocycles. The summed E-state index contributed by atoms with van der Waals surface area (Å²) >= 11 is 0. The first-order valence-corrected chi connectivity index (χ1v) is 12.2. The van der Waals surface area contributed by atoms with Gasteiger partial charge in [-0.05, 0) is 30.9 Å². The van der Waals surface area contributed by atoms with Crippen LogP contribution in [0.5, 0.6) is 0 Å². The second kappa shape index (κ2) is 11.4. The van der Waals surface area contributed by atoms with Gasteiger partial charge in [-0.3, -0.25) is 19.2 Å². The number of nitrogens with zero attached hydrogens (tertiary/aromatic N) is 4. The first-order valence-electron chi connectivity index (χ1n) is 12.2. The van der Waals surface area contributed by atoms with Gasteiger partial charge in [0.05, 0.1) is 19.1 Å². The van der Waals surface area contributed by atoms with Crippen molar-refractivity contribution in [2.24, 2.45) is 5.92 Å². The molecule has 3 heterocycles. The Balaban J connectivity index is 1.45. The maximum atomic E-state index is 13.3. The van der Waals surface area contributed by atoms with Crippen LogP contribution < -0.4 is 5.32 Å². The Hall–Kier alpha value is -3.61. The number of nitrogens with one attached hydrogen (secondary N) is 3. The van der Waals surface area contributed by atoms with E-state index in [0.29, 0.717) is 5.82 Å². The lowest BCUT2D eigenvalue weighted by Crippen LogP contribution is -2.46. The van der Waals surface area contributed by atoms with Crippen LogP contribution in [0.15, 0.2) is 12.1 Å². The van der Waals surface area contributed by atoms with Gasteiger partial charge in [0.2, 0.25) is 5.91 Å². The zero-order chi connectivity index (χ0) is 25.7. The van der Waals surface area contributed by atoms with Crippen molar-refractivity contribution in [2.45, 2.75) is 76.0 Å². The Bertz CT molecular complexity index is 1080. The number of aliphatic hydroxyl groups is 1. The van der Waals surface area contributed by atoms with Crippen molar-refractivity contribution < 1.29 is 29.4 Å². The number of aromatic amines is 2. The van der Waals surface area contributed by atoms with E-state index in [2.05, 4.69) is 30.9 Å². The zero-order valence-electron chi connectivity index (χ0n) is 19.9. The van der Waals surface area contributed by atoms with Crippen LogP contribution >= 0.6 is 0 Å². The fourth-order valence-corrected chi connectivity index (χ4v) is 5.22. The normalized spacial score (nSPS) is 21.0. The van der Waals surface area contributed by atoms with Gasteiger partial charge >= 0.3 is 5.97 Å². The standard InChI is InChI=1S/C23H31N7O6/c31-14(5-8-21(33)34)9-16(13-3-1-2-4-13)17-6-7-18(25-17)23(36)30-12-15(32)10-19(30)22(35)24-11-20-26-28-29-27-20/h6-7,13,15-16,19,25,32H,1-5,8-12H2,(H,24,35)(H,33,34)(H,26,27,28,29)/t15-,16+,19-/m0/s1. The van der Waals surface area contributed by atoms with E-state index in [-0.39, 0.29) is 62.1 Å². The molecular formula is C23H31N7O6. The highest BCUT2D eigenvalue weighted by atomic mass is 16.4. The molecule has 194 valence electrons. The fraction of sp³-hybridized carbons (Fsp3) is 0.609. The van der Waals surface area contributed by atoms with Gasteiger partial charge in [0.1, 0.15) is 17.5 Å². The molecule has 1 aliphatic carbocycles. The summed E-state index contributed by atoms with van der Waals surface area (Å²) in [5.74, 6) is -1.52. The Morgan fingerprint density at radius 3 is 2.64 bits per heavy atom. The van der Waals surface area contributed by atoms with Gasteiger partial charge in [-0.15, -0.1) is 10.2 Å². The zero-order valence-corrected chi connectivity index (χ0v) is 19.9. The molecular weight excluding hydrogens is 470 g/mol. The van der Waals surface area contributed by atoms with E-state index >= 15 is 0 Å². The molecule has 1 saturated heterocycles. The lowest BCUT2D eigenvalue weighted by Gasteiger charge is -2.24. The average Bonchev–Trinajstić information content (AvgIpc) is 3.66. The van der Waals surface area contributed by atoms with Crippen LogP contribution in [-0.2, 0) is 20.9 Å². The van der Waals surface area contributed by atoms with Crippen LogP contribution in [0, 0.1) is 5.92 Å². The molecule has 2 aromatic rings. The first kappa shape index (κ1) is 25.5. The summed E-state index contributed by atoms with van der Waals surface area (Å²) in [5.41, 5.74) is 1.03. The lowest BCUT2D eigenvalue weighted by atomic mass is 9.83. The molecule has 4 rings (SSSR count). The Kier molecular flexibility index (Phi) is 8.08. The Labute approximate surface area is 207 Å². The largest absolute Gasteiger partial charge is 0.481 e. The van der Waals surface area contributed by atoms with E-state index in [1.807, 2.05) is 0 Å². The first-order chi connectivity index (χ1) is 17.3. The predicted molar refractivity (Wildman–Crippen MR) is 123 cm³/mol. The number of carbonyl (C=O) groups is 4. The molecule has 0 unspecified atom stereocenters. The van der Waals surface area contributed by atoms with Gasteiger partial charge in [0.15, 0.2) is 5.82 Å². The molecule has 13 heteroatoms. The number of Topliss-reactive ketones (excluding diaryl/α,β-unsaturated/α-hetero) is 1. The lowest BCUT2D eigenvalue weighted by molar-refractivity contribution is -0.138. The smallest absolute Gasteiger partial charge is 0.303 e. The molecule has 2 amide bonds. The molecule has 0 aromatic carbocycles. The monoisotopic (exact) mass is 501 g/mol. The number of carboxylic acid groups (broad SMARTS) is 1. The predicted octanol–water partition coefficient (Wildman–Crippen LogP) is 0.517. The van der Waals surface area contributed by atoms with Gasteiger partial charge in [-0.1, -0.05) is 18.1 Å². The van der Waals surface area contributed by atoms with Crippen LogP contribution in [0.2, 0.25) is 0 Å². The number of H-pyrrole nitrogens is 2. The molecule has 2 aromatic heterocycles. The molecule has 36 heavy (non-hydrogen) atoms. The van der Waals surface area contributed by atoms with Crippen molar-refractivity contribution in [1.82, 2.24) is 35.8 Å². The number of β-amino-alcohol motifs (C(OH)–C–C–N with tert-alkyl or cyclic N) is 1. The van der Waals surface area contributed by atoms with E-state index in [4.69, 9.17) is 5.11 Å². The number of likely N-dealkylation sites (tertiary alicyclic amines) is 1. The van der Waals surface area contributed by atoms with Crippen LogP contribution in [-0.4, -0.2) is 83.0 Å². The number of aliphatic carboxylic acids is 1. The molecule has 0 spiro atoms. The van der Waals surface area contributed by atoms with E-state index < -0.39 is 29.9 Å². The van der Waals surface area contributed by atoms with Crippen molar-refractivity contribution >= 4 is 23.6 Å². The number of ketones is 1. The number of carboxylic acids is 1. The molecule has 3 atom stereocenters. The topological polar surface area (TPSA) is 194 Å². The second-order valence-corrected chi connectivity index (χ2v) is 9.52. The van der Waals surface area contributed by atoms with Crippen molar-refractivity contribution in [3.63, 3.8) is 0 Å². The molecule has 5 N–H and O–H groups in total. The summed E-state index contributed by atoms with van der Waals surface area (Å²) in [6.07, 6.45) is 3.38. The number of aromatic nitrogens is 5. The minimum atomic E-state index is -1.00. The highest BCUT2D eigenvalue weighted by molar-refractivity contribution is 5.97. The van der Waals surface area contributed by atoms with Crippen molar-refractivity contribution in [3.8, 4) is 0 Å². The minimum absolute atomic E-state index is 0.0165. The summed E-state index contributed by atoms with van der Waals surface area (Å²) in [6, 6.07) is 2.58. The van der Waals surface area contributed by atoms with Gasteiger partial charge in [-0.25, -0.2) is 0 Å². The maximum Gasteiger partial charge on any atom is 0.303 e. The van der Waals surface area contributed by atoms with Crippen molar-refractivity contribution in [1.29, 1.82) is 0 Å². The van der Waals surface area contributed by atoms with Gasteiger partial charge in [0.25, 0.3) is 5.91 Å². The number of rotatable bonds is 11. The van der Waals surface area contributed by atoms with E-state index in [1.165, 1.54) is 4.90 Å². The van der Waals surface area contributed by atoms with Gasteiger partial charge < -0.3 is 25.4 Å². The maximum absolute atomic E-state index is 13.3. The average molecular weight is 502 g/mol. The minimum Gasteiger partial charge on any atom is -0.481 e. The molecule has 0 bridgehead atoms. The molecule has 13 nitrogen and oxygen atoms in total. The SMILES string of the molecule is O=C(O)CCC(=O)C[C@@H](c1ccc(C(=O)N2C[C@@H](O)C[C@H]2C(=O)NCc2nn[nH]n2)[nH]1)C1CCCC1. The third-order valence-corrected chi connectivity index (χ3v) is 7.03. The third-order valence-electron chi connectivity index (χ3n) is 7.03. The quantitative estimate of drug-likeness (QED) is 0.292. The molecule has 1 aliphatic heterocycles. The molecule has 2 fully saturated rings. The number of hydrogen-bond donors (Lipinski definition) is 5. The Morgan fingerprint density at radius 2 is 1.94 bits per heavy atom. The van der Waals surface area contributed by atoms with Crippen LogP contribution in [0.1, 0.15) is 79.3 Å². The van der Waals surface area contributed by atoms with Crippen molar-refractivity contribution in [2.75, 3.05) is 6.54 Å². The summed E-state index contributed by atoms with van der Waals surface area (Å²) < 4.78 is 0. The van der Waals surface area contributed by atoms with E-state index in [0.717, 1.165) is 31.4 Å². The summed E-state index contributed by atoms with van der Waals surface area (Å²) in [6.45, 7) is 0.0583. The Morgan fingerprint density at radius 1 is 1.17 bits per heavy atom. The summed E-state index contributed by atoms with van der Waals surface area (Å²) in [4.78, 5) is 53.9. The fourth-order valence-electron chi connectivity index (χ4n) is 5.22. The van der Waals surface area contributed by atoms with Crippen LogP contribution in [0.25, 0.3) is 0 Å². The molecule has 2 aliphatic rings. The van der Waals surface area contributed by atoms with E-state index in [1.54, 1.807) is 12.1 Å². The van der Waals surface area contributed by atoms with E-state index in [9.17, 15) is 24.3 Å². The third kappa shape index (κ3) is 6.14.